The number of carboxylic acid groups (broad SMARTS) is 1. The summed E-state index contributed by atoms with van der Waals surface area (Å²) in [7, 11) is 0. The van der Waals surface area contributed by atoms with Gasteiger partial charge in [-0.3, -0.25) is 0 Å². The van der Waals surface area contributed by atoms with Gasteiger partial charge < -0.3 is 20.8 Å². The minimum Gasteiger partial charge on any atom is -0.480 e. The number of aliphatic hydroxyl groups excluding tert-OH is 1. The highest BCUT2D eigenvalue weighted by Crippen LogP contribution is 2.18. The fourth-order valence-electron chi connectivity index (χ4n) is 1.08. The number of hydrogen-bond donors (Lipinski definition) is 4. The van der Waals surface area contributed by atoms with Crippen molar-refractivity contribution in [2.75, 3.05) is 11.9 Å². The maximum Gasteiger partial charge on any atom is 0.328 e. The van der Waals surface area contributed by atoms with Gasteiger partial charge in [0.05, 0.1) is 11.6 Å². The van der Waals surface area contributed by atoms with Crippen LogP contribution >= 0.6 is 11.6 Å². The molecule has 0 aliphatic rings. The van der Waals surface area contributed by atoms with Crippen LogP contribution in [0.25, 0.3) is 0 Å². The zero-order valence-electron chi connectivity index (χ0n) is 8.98. The number of amides is 2. The molecule has 0 fully saturated rings. The van der Waals surface area contributed by atoms with E-state index in [1.807, 2.05) is 5.32 Å². The molecule has 2 amide bonds. The first kappa shape index (κ1) is 14.2. The third kappa shape index (κ3) is 3.86. The SMILES string of the molecule is O=C(Nc1ccc(Cl)c(F)c1)N[C@H](CO)C(=O)O. The summed E-state index contributed by atoms with van der Waals surface area (Å²) in [5.41, 5.74) is 0.108. The number of aliphatic hydroxyl groups is 1. The molecule has 0 aliphatic heterocycles. The van der Waals surface area contributed by atoms with Crippen molar-refractivity contribution in [1.29, 1.82) is 0 Å². The van der Waals surface area contributed by atoms with Gasteiger partial charge in [0.2, 0.25) is 0 Å². The summed E-state index contributed by atoms with van der Waals surface area (Å²) in [5, 5.41) is 21.4. The van der Waals surface area contributed by atoms with Crippen molar-refractivity contribution in [1.82, 2.24) is 5.32 Å². The number of nitrogens with one attached hydrogen (secondary N) is 2. The van der Waals surface area contributed by atoms with E-state index in [2.05, 4.69) is 5.32 Å². The monoisotopic (exact) mass is 276 g/mol. The van der Waals surface area contributed by atoms with Crippen LogP contribution in [0.4, 0.5) is 14.9 Å². The fourth-order valence-corrected chi connectivity index (χ4v) is 1.20. The molecule has 98 valence electrons. The number of urea groups is 1. The molecule has 6 nitrogen and oxygen atoms in total. The lowest BCUT2D eigenvalue weighted by Crippen LogP contribution is -2.45. The number of benzene rings is 1. The minimum absolute atomic E-state index is 0.0975. The zero-order valence-corrected chi connectivity index (χ0v) is 9.74. The molecule has 1 aromatic carbocycles. The lowest BCUT2D eigenvalue weighted by molar-refractivity contribution is -0.140. The molecule has 0 aliphatic carbocycles. The molecular formula is C10H10ClFN2O4. The van der Waals surface area contributed by atoms with Crippen molar-refractivity contribution < 1.29 is 24.2 Å². The van der Waals surface area contributed by atoms with Crippen LogP contribution in [-0.4, -0.2) is 34.9 Å². The standard InChI is InChI=1S/C10H10ClFN2O4/c11-6-2-1-5(3-7(6)12)13-10(18)14-8(4-15)9(16)17/h1-3,8,15H,4H2,(H,16,17)(H2,13,14,18)/t8-/m1/s1. The van der Waals surface area contributed by atoms with Gasteiger partial charge in [0, 0.05) is 5.69 Å². The van der Waals surface area contributed by atoms with Gasteiger partial charge in [0.25, 0.3) is 0 Å². The van der Waals surface area contributed by atoms with Crippen molar-refractivity contribution in [3.63, 3.8) is 0 Å². The van der Waals surface area contributed by atoms with Gasteiger partial charge in [-0.2, -0.15) is 0 Å². The van der Waals surface area contributed by atoms with E-state index in [1.54, 1.807) is 0 Å². The number of rotatable bonds is 4. The molecule has 0 saturated carbocycles. The van der Waals surface area contributed by atoms with Crippen LogP contribution in [0.1, 0.15) is 0 Å². The number of halogens is 2. The Morgan fingerprint density at radius 3 is 2.61 bits per heavy atom. The van der Waals surface area contributed by atoms with Gasteiger partial charge in [0.15, 0.2) is 6.04 Å². The largest absolute Gasteiger partial charge is 0.480 e. The van der Waals surface area contributed by atoms with Gasteiger partial charge in [-0.25, -0.2) is 14.0 Å². The van der Waals surface area contributed by atoms with Crippen molar-refractivity contribution in [3.05, 3.63) is 29.0 Å². The van der Waals surface area contributed by atoms with Gasteiger partial charge in [-0.1, -0.05) is 11.6 Å². The van der Waals surface area contributed by atoms with E-state index in [0.717, 1.165) is 6.07 Å². The maximum absolute atomic E-state index is 13.0. The predicted molar refractivity (Wildman–Crippen MR) is 62.1 cm³/mol. The van der Waals surface area contributed by atoms with E-state index in [9.17, 15) is 14.0 Å². The van der Waals surface area contributed by atoms with Gasteiger partial charge in [-0.15, -0.1) is 0 Å². The first-order valence-electron chi connectivity index (χ1n) is 4.80. The van der Waals surface area contributed by atoms with E-state index in [0.29, 0.717) is 0 Å². The van der Waals surface area contributed by atoms with Gasteiger partial charge in [-0.05, 0) is 18.2 Å². The molecule has 1 atom stereocenters. The van der Waals surface area contributed by atoms with Crippen molar-refractivity contribution in [3.8, 4) is 0 Å². The van der Waals surface area contributed by atoms with Crippen LogP contribution in [0.15, 0.2) is 18.2 Å². The summed E-state index contributed by atoms with van der Waals surface area (Å²) in [5.74, 6) is -2.10. The second kappa shape index (κ2) is 6.18. The lowest BCUT2D eigenvalue weighted by atomic mass is 10.3. The molecule has 1 aromatic rings. The average molecular weight is 277 g/mol. The Balaban J connectivity index is 2.64. The Kier molecular flexibility index (Phi) is 4.87. The van der Waals surface area contributed by atoms with Crippen molar-refractivity contribution in [2.45, 2.75) is 6.04 Å². The summed E-state index contributed by atoms with van der Waals surface area (Å²) >= 11 is 5.45. The van der Waals surface area contributed by atoms with E-state index >= 15 is 0 Å². The normalized spacial score (nSPS) is 11.7. The van der Waals surface area contributed by atoms with Crippen LogP contribution in [-0.2, 0) is 4.79 Å². The van der Waals surface area contributed by atoms with Crippen LogP contribution in [0.3, 0.4) is 0 Å². The Hall–Kier alpha value is -1.86. The summed E-state index contributed by atoms with van der Waals surface area (Å²) in [6.07, 6.45) is 0. The van der Waals surface area contributed by atoms with Crippen LogP contribution in [0.5, 0.6) is 0 Å². The molecular weight excluding hydrogens is 267 g/mol. The quantitative estimate of drug-likeness (QED) is 0.660. The molecule has 18 heavy (non-hydrogen) atoms. The average Bonchev–Trinajstić information content (AvgIpc) is 2.30. The minimum atomic E-state index is -1.43. The third-order valence-corrected chi connectivity index (χ3v) is 2.27. The van der Waals surface area contributed by atoms with Crippen LogP contribution < -0.4 is 10.6 Å². The molecule has 0 unspecified atom stereocenters. The summed E-state index contributed by atoms with van der Waals surface area (Å²) in [6.45, 7) is -0.752. The Labute approximate surface area is 106 Å². The number of carbonyl (C=O) groups is 2. The maximum atomic E-state index is 13.0. The van der Waals surface area contributed by atoms with Crippen LogP contribution in [0.2, 0.25) is 5.02 Å². The Bertz CT molecular complexity index is 469. The van der Waals surface area contributed by atoms with Gasteiger partial charge in [0.1, 0.15) is 5.82 Å². The molecule has 0 spiro atoms. The summed E-state index contributed by atoms with van der Waals surface area (Å²) < 4.78 is 13.0. The summed E-state index contributed by atoms with van der Waals surface area (Å²) in [6, 6.07) is 1.27. The number of carbonyl (C=O) groups excluding carboxylic acids is 1. The zero-order chi connectivity index (χ0) is 13.7. The van der Waals surface area contributed by atoms with E-state index < -0.39 is 30.5 Å². The number of anilines is 1. The van der Waals surface area contributed by atoms with E-state index in [1.165, 1.54) is 12.1 Å². The molecule has 0 bridgehead atoms. The van der Waals surface area contributed by atoms with Crippen LogP contribution in [0, 0.1) is 5.82 Å². The molecule has 0 saturated heterocycles. The van der Waals surface area contributed by atoms with E-state index in [4.69, 9.17) is 21.8 Å². The molecule has 0 radical (unpaired) electrons. The van der Waals surface area contributed by atoms with Gasteiger partial charge >= 0.3 is 12.0 Å². The molecule has 0 heterocycles. The van der Waals surface area contributed by atoms with Crippen molar-refractivity contribution >= 4 is 29.3 Å². The molecule has 1 rings (SSSR count). The fraction of sp³-hybridized carbons (Fsp3) is 0.200. The topological polar surface area (TPSA) is 98.7 Å². The second-order valence-electron chi connectivity index (χ2n) is 3.30. The second-order valence-corrected chi connectivity index (χ2v) is 3.71. The predicted octanol–water partition coefficient (Wildman–Crippen LogP) is 1.05. The number of aliphatic carboxylic acids is 1. The number of carboxylic acids is 1. The molecule has 0 aromatic heterocycles. The Morgan fingerprint density at radius 2 is 2.11 bits per heavy atom. The highest BCUT2D eigenvalue weighted by molar-refractivity contribution is 6.30. The lowest BCUT2D eigenvalue weighted by Gasteiger charge is -2.12. The van der Waals surface area contributed by atoms with E-state index in [-0.39, 0.29) is 10.7 Å². The van der Waals surface area contributed by atoms with Crippen molar-refractivity contribution in [2.24, 2.45) is 0 Å². The third-order valence-electron chi connectivity index (χ3n) is 1.96. The molecule has 8 heteroatoms. The first-order chi connectivity index (χ1) is 8.43. The smallest absolute Gasteiger partial charge is 0.328 e. The highest BCUT2D eigenvalue weighted by atomic mass is 35.5. The first-order valence-corrected chi connectivity index (χ1v) is 5.18. The highest BCUT2D eigenvalue weighted by Gasteiger charge is 2.18. The number of hydrogen-bond acceptors (Lipinski definition) is 3. The Morgan fingerprint density at radius 1 is 1.44 bits per heavy atom. The molecule has 4 N–H and O–H groups in total. The summed E-state index contributed by atoms with van der Waals surface area (Å²) in [4.78, 5) is 21.9.